The maximum absolute atomic E-state index is 13.1. The van der Waals surface area contributed by atoms with E-state index in [1.807, 2.05) is 12.1 Å². The molecule has 2 saturated heterocycles. The number of hydrogen-bond donors (Lipinski definition) is 0. The summed E-state index contributed by atoms with van der Waals surface area (Å²) in [7, 11) is 0. The lowest BCUT2D eigenvalue weighted by Crippen LogP contribution is -2.55. The van der Waals surface area contributed by atoms with E-state index >= 15 is 0 Å². The molecule has 144 valence electrons. The lowest BCUT2D eigenvalue weighted by Gasteiger charge is -2.44. The van der Waals surface area contributed by atoms with Crippen molar-refractivity contribution in [3.63, 3.8) is 0 Å². The molecule has 2 heterocycles. The molecule has 3 nitrogen and oxygen atoms in total. The molecule has 2 aromatic carbocycles. The summed E-state index contributed by atoms with van der Waals surface area (Å²) in [6.45, 7) is 9.84. The Morgan fingerprint density at radius 2 is 1.59 bits per heavy atom. The fourth-order valence-electron chi connectivity index (χ4n) is 4.42. The topological polar surface area (TPSA) is 9.72 Å². The molecule has 0 amide bonds. The summed E-state index contributed by atoms with van der Waals surface area (Å²) in [6, 6.07) is 16.5. The molecule has 0 saturated carbocycles. The lowest BCUT2D eigenvalue weighted by molar-refractivity contribution is 0.0888. The highest BCUT2D eigenvalue weighted by Crippen LogP contribution is 2.22. The molecule has 4 heteroatoms. The van der Waals surface area contributed by atoms with Crippen molar-refractivity contribution in [3.8, 4) is 0 Å². The first-order valence-corrected chi connectivity index (χ1v) is 10.2. The molecule has 0 spiro atoms. The number of anilines is 1. The van der Waals surface area contributed by atoms with Gasteiger partial charge >= 0.3 is 0 Å². The minimum absolute atomic E-state index is 0.159. The van der Waals surface area contributed by atoms with E-state index in [4.69, 9.17) is 0 Å². The van der Waals surface area contributed by atoms with Gasteiger partial charge in [0.05, 0.1) is 0 Å². The summed E-state index contributed by atoms with van der Waals surface area (Å²) in [5, 5.41) is 0. The van der Waals surface area contributed by atoms with E-state index in [2.05, 4.69) is 45.9 Å². The van der Waals surface area contributed by atoms with Gasteiger partial charge in [0, 0.05) is 51.0 Å². The zero-order valence-electron chi connectivity index (χ0n) is 16.3. The van der Waals surface area contributed by atoms with E-state index in [0.29, 0.717) is 6.04 Å². The summed E-state index contributed by atoms with van der Waals surface area (Å²) in [5.41, 5.74) is 3.89. The van der Waals surface area contributed by atoms with Crippen molar-refractivity contribution < 1.29 is 4.39 Å². The van der Waals surface area contributed by atoms with Crippen molar-refractivity contribution in [2.24, 2.45) is 0 Å². The molecule has 2 aromatic rings. The normalized spacial score (nSPS) is 22.1. The first-order valence-electron chi connectivity index (χ1n) is 10.2. The second-order valence-corrected chi connectivity index (χ2v) is 8.02. The van der Waals surface area contributed by atoms with E-state index in [9.17, 15) is 4.39 Å². The molecule has 1 atom stereocenters. The highest BCUT2D eigenvalue weighted by atomic mass is 19.1. The van der Waals surface area contributed by atoms with Gasteiger partial charge in [-0.3, -0.25) is 9.80 Å². The van der Waals surface area contributed by atoms with E-state index < -0.39 is 0 Å². The third-order valence-corrected chi connectivity index (χ3v) is 6.03. The summed E-state index contributed by atoms with van der Waals surface area (Å²) in [4.78, 5) is 7.66. The van der Waals surface area contributed by atoms with Gasteiger partial charge in [-0.1, -0.05) is 29.8 Å². The highest BCUT2D eigenvalue weighted by Gasteiger charge is 2.28. The van der Waals surface area contributed by atoms with E-state index in [1.165, 1.54) is 37.1 Å². The maximum atomic E-state index is 13.1. The van der Waals surface area contributed by atoms with Crippen molar-refractivity contribution in [2.45, 2.75) is 32.4 Å². The molecular formula is C23H30FN3. The minimum Gasteiger partial charge on any atom is -0.369 e. The van der Waals surface area contributed by atoms with Gasteiger partial charge in [0.2, 0.25) is 0 Å². The first kappa shape index (κ1) is 18.5. The molecule has 0 N–H and O–H groups in total. The van der Waals surface area contributed by atoms with Crippen LogP contribution in [-0.4, -0.2) is 55.1 Å². The molecule has 0 bridgehead atoms. The Hall–Kier alpha value is -1.91. The fraction of sp³-hybridized carbons (Fsp3) is 0.478. The maximum Gasteiger partial charge on any atom is 0.123 e. The van der Waals surface area contributed by atoms with Crippen LogP contribution in [0.5, 0.6) is 0 Å². The van der Waals surface area contributed by atoms with Crippen LogP contribution in [0.3, 0.4) is 0 Å². The van der Waals surface area contributed by atoms with Gasteiger partial charge in [-0.25, -0.2) is 4.39 Å². The standard InChI is InChI=1S/C23H30FN3/c1-19-4-6-20(7-5-19)17-25-12-2-3-23(18-25)27-15-13-26(14-16-27)22-10-8-21(24)9-11-22/h4-11,23H,2-3,12-18H2,1H3/t23-/m0/s1. The quantitative estimate of drug-likeness (QED) is 0.811. The van der Waals surface area contributed by atoms with Gasteiger partial charge in [-0.2, -0.15) is 0 Å². The van der Waals surface area contributed by atoms with Gasteiger partial charge in [0.25, 0.3) is 0 Å². The number of piperazine rings is 1. The molecule has 2 aliphatic heterocycles. The summed E-state index contributed by atoms with van der Waals surface area (Å²) in [6.07, 6.45) is 2.59. The van der Waals surface area contributed by atoms with Crippen LogP contribution in [0, 0.1) is 12.7 Å². The number of benzene rings is 2. The largest absolute Gasteiger partial charge is 0.369 e. The second kappa shape index (κ2) is 8.41. The molecular weight excluding hydrogens is 337 g/mol. The van der Waals surface area contributed by atoms with E-state index in [-0.39, 0.29) is 5.82 Å². The van der Waals surface area contributed by atoms with Gasteiger partial charge < -0.3 is 4.90 Å². The van der Waals surface area contributed by atoms with Crippen molar-refractivity contribution >= 4 is 5.69 Å². The molecule has 0 aliphatic carbocycles. The van der Waals surface area contributed by atoms with E-state index in [1.54, 1.807) is 12.1 Å². The van der Waals surface area contributed by atoms with Crippen LogP contribution in [0.15, 0.2) is 48.5 Å². The lowest BCUT2D eigenvalue weighted by atomic mass is 10.0. The van der Waals surface area contributed by atoms with Crippen LogP contribution in [0.4, 0.5) is 10.1 Å². The fourth-order valence-corrected chi connectivity index (χ4v) is 4.42. The molecule has 2 fully saturated rings. The van der Waals surface area contributed by atoms with Crippen LogP contribution in [0.25, 0.3) is 0 Å². The number of hydrogen-bond acceptors (Lipinski definition) is 3. The molecule has 4 rings (SSSR count). The third-order valence-electron chi connectivity index (χ3n) is 6.03. The second-order valence-electron chi connectivity index (χ2n) is 8.02. The Morgan fingerprint density at radius 1 is 0.889 bits per heavy atom. The smallest absolute Gasteiger partial charge is 0.123 e. The van der Waals surface area contributed by atoms with Gasteiger partial charge in [0.15, 0.2) is 0 Å². The summed E-state index contributed by atoms with van der Waals surface area (Å²) in [5.74, 6) is -0.159. The number of halogens is 1. The Balaban J connectivity index is 1.30. The van der Waals surface area contributed by atoms with E-state index in [0.717, 1.165) is 38.4 Å². The molecule has 0 radical (unpaired) electrons. The van der Waals surface area contributed by atoms with Crippen molar-refractivity contribution in [2.75, 3.05) is 44.2 Å². The summed E-state index contributed by atoms with van der Waals surface area (Å²) < 4.78 is 13.1. The zero-order chi connectivity index (χ0) is 18.6. The number of aryl methyl sites for hydroxylation is 1. The monoisotopic (exact) mass is 367 g/mol. The van der Waals surface area contributed by atoms with Crippen molar-refractivity contribution in [3.05, 3.63) is 65.5 Å². The highest BCUT2D eigenvalue weighted by molar-refractivity contribution is 5.46. The molecule has 0 unspecified atom stereocenters. The van der Waals surface area contributed by atoms with Crippen LogP contribution in [-0.2, 0) is 6.54 Å². The molecule has 27 heavy (non-hydrogen) atoms. The SMILES string of the molecule is Cc1ccc(CN2CCC[C@H](N3CCN(c4ccc(F)cc4)CC3)C2)cc1. The van der Waals surface area contributed by atoms with Crippen LogP contribution < -0.4 is 4.90 Å². The number of rotatable bonds is 4. The van der Waals surface area contributed by atoms with Crippen LogP contribution in [0.2, 0.25) is 0 Å². The average molecular weight is 368 g/mol. The average Bonchev–Trinajstić information content (AvgIpc) is 2.71. The molecule has 2 aliphatic rings. The predicted molar refractivity (Wildman–Crippen MR) is 110 cm³/mol. The minimum atomic E-state index is -0.159. The molecule has 0 aromatic heterocycles. The Kier molecular flexibility index (Phi) is 5.74. The predicted octanol–water partition coefficient (Wildman–Crippen LogP) is 3.92. The van der Waals surface area contributed by atoms with Crippen molar-refractivity contribution in [1.82, 2.24) is 9.80 Å². The number of nitrogens with zero attached hydrogens (tertiary/aromatic N) is 3. The third kappa shape index (κ3) is 4.69. The Labute approximate surface area is 162 Å². The van der Waals surface area contributed by atoms with Crippen LogP contribution >= 0.6 is 0 Å². The summed E-state index contributed by atoms with van der Waals surface area (Å²) >= 11 is 0. The van der Waals surface area contributed by atoms with Gasteiger partial charge in [-0.15, -0.1) is 0 Å². The first-order chi connectivity index (χ1) is 13.2. The Morgan fingerprint density at radius 3 is 2.30 bits per heavy atom. The Bertz CT molecular complexity index is 720. The number of piperidine rings is 1. The van der Waals surface area contributed by atoms with Crippen molar-refractivity contribution in [1.29, 1.82) is 0 Å². The van der Waals surface area contributed by atoms with Gasteiger partial charge in [0.1, 0.15) is 5.82 Å². The van der Waals surface area contributed by atoms with Crippen LogP contribution in [0.1, 0.15) is 24.0 Å². The zero-order valence-corrected chi connectivity index (χ0v) is 16.3. The number of likely N-dealkylation sites (tertiary alicyclic amines) is 1. The van der Waals surface area contributed by atoms with Gasteiger partial charge in [-0.05, 0) is 56.1 Å².